The molecule has 0 aromatic heterocycles. The fourth-order valence-corrected chi connectivity index (χ4v) is 11.0. The molecule has 1 aliphatic heterocycles. The highest BCUT2D eigenvalue weighted by Crippen LogP contribution is 2.68. The molecule has 4 aromatic carbocycles. The summed E-state index contributed by atoms with van der Waals surface area (Å²) in [5.74, 6) is 0.880. The average Bonchev–Trinajstić information content (AvgIpc) is 3.11. The van der Waals surface area contributed by atoms with Crippen LogP contribution in [0.2, 0.25) is 0 Å². The number of ether oxygens (including phenoxy) is 4. The van der Waals surface area contributed by atoms with Crippen LogP contribution in [0.5, 0.6) is 11.5 Å². The zero-order chi connectivity index (χ0) is 33.0. The van der Waals surface area contributed by atoms with E-state index >= 15 is 0 Å². The topological polar surface area (TPSA) is 122 Å². The first kappa shape index (κ1) is 33.7. The molecule has 0 saturated heterocycles. The Morgan fingerprint density at radius 3 is 1.51 bits per heavy atom. The molecule has 0 N–H and O–H groups in total. The van der Waals surface area contributed by atoms with Crippen LogP contribution >= 0.6 is 14.5 Å². The summed E-state index contributed by atoms with van der Waals surface area (Å²) in [7, 11) is -6.45. The van der Waals surface area contributed by atoms with Crippen molar-refractivity contribution in [1.82, 2.24) is 0 Å². The van der Waals surface area contributed by atoms with Crippen molar-refractivity contribution in [2.45, 2.75) is 32.7 Å². The van der Waals surface area contributed by atoms with Crippen LogP contribution in [-0.2, 0) is 34.0 Å². The van der Waals surface area contributed by atoms with Gasteiger partial charge in [0.15, 0.2) is 0 Å². The Bertz CT molecular complexity index is 1710. The zero-order valence-electron chi connectivity index (χ0n) is 26.0. The molecule has 10 nitrogen and oxygen atoms in total. The van der Waals surface area contributed by atoms with Gasteiger partial charge in [0.2, 0.25) is 7.28 Å². The van der Waals surface area contributed by atoms with E-state index in [0.29, 0.717) is 35.5 Å². The summed E-state index contributed by atoms with van der Waals surface area (Å²) < 4.78 is 38.5. The first-order chi connectivity index (χ1) is 22.9. The van der Waals surface area contributed by atoms with Crippen LogP contribution in [0.1, 0.15) is 29.5 Å². The van der Waals surface area contributed by atoms with Gasteiger partial charge in [0.05, 0.1) is 7.11 Å². The molecule has 5 rings (SSSR count). The lowest BCUT2D eigenvalue weighted by Crippen LogP contribution is -2.18. The van der Waals surface area contributed by atoms with Crippen molar-refractivity contribution in [2.24, 2.45) is 9.26 Å². The maximum absolute atomic E-state index is 14.2. The maximum Gasteiger partial charge on any atom is 0.382 e. The quantitative estimate of drug-likeness (QED) is 0.107. The van der Waals surface area contributed by atoms with Crippen molar-refractivity contribution in [3.8, 4) is 11.5 Å². The van der Waals surface area contributed by atoms with Crippen molar-refractivity contribution in [1.29, 1.82) is 0 Å². The van der Waals surface area contributed by atoms with Crippen molar-refractivity contribution in [3.05, 3.63) is 132 Å². The van der Waals surface area contributed by atoms with Gasteiger partial charge in [-0.3, -0.25) is 4.74 Å². The van der Waals surface area contributed by atoms with E-state index in [4.69, 9.17) is 28.0 Å². The second-order valence-electron chi connectivity index (χ2n) is 10.6. The van der Waals surface area contributed by atoms with Gasteiger partial charge >= 0.3 is 17.1 Å². The van der Waals surface area contributed by atoms with Crippen LogP contribution in [-0.4, -0.2) is 36.9 Å². The van der Waals surface area contributed by atoms with Crippen molar-refractivity contribution in [2.75, 3.05) is 19.8 Å². The molecule has 1 heterocycles. The van der Waals surface area contributed by atoms with Crippen molar-refractivity contribution in [3.63, 3.8) is 0 Å². The summed E-state index contributed by atoms with van der Waals surface area (Å²) in [6.45, 7) is -0.147. The summed E-state index contributed by atoms with van der Waals surface area (Å²) in [5.41, 5.74) is -0.501. The van der Waals surface area contributed by atoms with Gasteiger partial charge in [0, 0.05) is 12.7 Å². The van der Waals surface area contributed by atoms with E-state index < -0.39 is 31.6 Å². The van der Waals surface area contributed by atoms with Gasteiger partial charge in [-0.15, -0.1) is 0 Å². The molecule has 0 radical (unpaired) electrons. The predicted octanol–water partition coefficient (Wildman–Crippen LogP) is 10.1. The molecule has 47 heavy (non-hydrogen) atoms. The molecule has 0 saturated carbocycles. The lowest BCUT2D eigenvalue weighted by atomic mass is 10.2. The molecule has 0 spiro atoms. The molecule has 0 fully saturated rings. The van der Waals surface area contributed by atoms with Gasteiger partial charge in [-0.2, -0.15) is 4.52 Å². The average molecular weight is 675 g/mol. The summed E-state index contributed by atoms with van der Waals surface area (Å²) in [6.07, 6.45) is 1.10. The number of benzene rings is 4. The molecule has 12 heteroatoms. The first-order valence-electron chi connectivity index (χ1n) is 15.1. The number of methoxy groups -OCH3 is 1. The van der Waals surface area contributed by atoms with Gasteiger partial charge in [-0.1, -0.05) is 91.0 Å². The van der Waals surface area contributed by atoms with Gasteiger partial charge in [0.25, 0.3) is 7.21 Å². The minimum Gasteiger partial charge on any atom is -0.497 e. The number of rotatable bonds is 12. The highest BCUT2D eigenvalue weighted by molar-refractivity contribution is 7.99. The lowest BCUT2D eigenvalue weighted by molar-refractivity contribution is 0.159. The highest BCUT2D eigenvalue weighted by atomic mass is 31.2. The van der Waals surface area contributed by atoms with Crippen LogP contribution in [0.25, 0.3) is 0 Å². The minimum absolute atomic E-state index is 0.0532. The summed E-state index contributed by atoms with van der Waals surface area (Å²) in [6, 6.07) is 33.9. The minimum atomic E-state index is -4.21. The van der Waals surface area contributed by atoms with Gasteiger partial charge < -0.3 is 23.5 Å². The van der Waals surface area contributed by atoms with Crippen LogP contribution in [0.15, 0.2) is 125 Å². The summed E-state index contributed by atoms with van der Waals surface area (Å²) >= 11 is 0. The number of carbonyl (C=O) groups excluding carboxylic acids is 3. The van der Waals surface area contributed by atoms with Crippen LogP contribution in [0, 0.1) is 0 Å². The highest BCUT2D eigenvalue weighted by Gasteiger charge is 2.47. The SMILES string of the molecule is COc1ccc(OP2(C(=O)OCc3ccccc3)=NP(C(=O)OCc3ccccc3)(C(=O)OCc3ccccc3)=NCCCC2)cc1. The Morgan fingerprint density at radius 1 is 0.596 bits per heavy atom. The van der Waals surface area contributed by atoms with E-state index in [1.807, 2.05) is 66.7 Å². The maximum atomic E-state index is 14.2. The van der Waals surface area contributed by atoms with Gasteiger partial charge in [0.1, 0.15) is 31.3 Å². The number of carbonyl (C=O) groups is 3. The third-order valence-corrected chi connectivity index (χ3v) is 13.4. The van der Waals surface area contributed by atoms with Crippen LogP contribution in [0.4, 0.5) is 14.4 Å². The fourth-order valence-electron chi connectivity index (χ4n) is 4.68. The third-order valence-electron chi connectivity index (χ3n) is 7.17. The Kier molecular flexibility index (Phi) is 11.7. The molecular weight excluding hydrogens is 638 g/mol. The first-order valence-corrected chi connectivity index (χ1v) is 18.6. The third kappa shape index (κ3) is 8.79. The molecule has 1 aliphatic rings. The Morgan fingerprint density at radius 2 is 1.04 bits per heavy atom. The van der Waals surface area contributed by atoms with Crippen LogP contribution < -0.4 is 9.26 Å². The van der Waals surface area contributed by atoms with Gasteiger partial charge in [-0.05, 0) is 53.8 Å². The van der Waals surface area contributed by atoms with E-state index in [0.717, 1.165) is 5.56 Å². The molecule has 0 aliphatic carbocycles. The second-order valence-corrected chi connectivity index (χ2v) is 15.9. The number of nitrogens with zero attached hydrogens (tertiary/aromatic N) is 2. The summed E-state index contributed by atoms with van der Waals surface area (Å²) in [5, 5.41) is 0. The fraction of sp³-hybridized carbons (Fsp3) is 0.229. The molecular formula is C35H36N2O8P2. The second kappa shape index (κ2) is 16.3. The van der Waals surface area contributed by atoms with E-state index in [2.05, 4.69) is 4.74 Å². The molecule has 1 unspecified atom stereocenters. The van der Waals surface area contributed by atoms with E-state index in [1.165, 1.54) is 7.11 Å². The number of hydrogen-bond donors (Lipinski definition) is 0. The standard InChI is InChI=1S/C35H36N2O8P2/c1-41-31-19-21-32(22-20-31)45-46(33(38)42-25-28-13-5-2-6-14-28)24-12-11-23-36-47(37-46,34(39)43-26-29-15-7-3-8-16-29)35(40)44-27-30-17-9-4-10-18-30/h2-10,13-22H,11-12,23-27H2,1H3. The van der Waals surface area contributed by atoms with Crippen LogP contribution in [0.3, 0.4) is 0 Å². The normalized spacial score (nSPS) is 17.0. The lowest BCUT2D eigenvalue weighted by Gasteiger charge is -2.28. The Hall–Kier alpha value is -4.65. The van der Waals surface area contributed by atoms with Crippen molar-refractivity contribution < 1.29 is 37.9 Å². The molecule has 0 bridgehead atoms. The molecule has 4 aromatic rings. The monoisotopic (exact) mass is 674 g/mol. The van der Waals surface area contributed by atoms with E-state index in [-0.39, 0.29) is 32.5 Å². The Labute approximate surface area is 274 Å². The smallest absolute Gasteiger partial charge is 0.382 e. The molecule has 244 valence electrons. The number of hydrogen-bond acceptors (Lipinski definition) is 10. The Balaban J connectivity index is 1.60. The summed E-state index contributed by atoms with van der Waals surface area (Å²) in [4.78, 5) is 42.6. The van der Waals surface area contributed by atoms with E-state index in [9.17, 15) is 14.4 Å². The molecule has 1 atom stereocenters. The zero-order valence-corrected chi connectivity index (χ0v) is 27.8. The molecule has 0 amide bonds. The largest absolute Gasteiger partial charge is 0.497 e. The van der Waals surface area contributed by atoms with Crippen molar-refractivity contribution >= 4 is 31.6 Å². The van der Waals surface area contributed by atoms with E-state index in [1.54, 1.807) is 48.5 Å². The predicted molar refractivity (Wildman–Crippen MR) is 181 cm³/mol. The van der Waals surface area contributed by atoms with Gasteiger partial charge in [-0.25, -0.2) is 14.4 Å².